The average molecular weight is 393 g/mol. The fourth-order valence-electron chi connectivity index (χ4n) is 3.01. The highest BCUT2D eigenvalue weighted by Crippen LogP contribution is 2.20. The molecular formula is C18H23N3O5S. The average Bonchev–Trinajstić information content (AvgIpc) is 3.10. The van der Waals surface area contributed by atoms with Gasteiger partial charge in [-0.05, 0) is 24.3 Å². The van der Waals surface area contributed by atoms with Gasteiger partial charge in [0.1, 0.15) is 12.3 Å². The van der Waals surface area contributed by atoms with Crippen LogP contribution in [0.25, 0.3) is 0 Å². The smallest absolute Gasteiger partial charge is 0.326 e. The van der Waals surface area contributed by atoms with Crippen molar-refractivity contribution in [3.05, 3.63) is 24.3 Å². The zero-order valence-corrected chi connectivity index (χ0v) is 16.1. The number of piperazine rings is 1. The molecule has 0 aliphatic carbocycles. The first-order valence-electron chi connectivity index (χ1n) is 8.81. The lowest BCUT2D eigenvalue weighted by Gasteiger charge is -2.36. The lowest BCUT2D eigenvalue weighted by Crippen LogP contribution is -2.50. The normalized spacial score (nSPS) is 17.2. The standard InChI is InChI=1S/C18H23N3O5S/c1-25-15-4-2-14(3-5-15)19-6-8-20(9-7-19)16(22)13-26-17(23)12-21-10-11-27-18(21)24/h2-5H,6-13H2,1H3. The molecule has 0 aromatic heterocycles. The zero-order chi connectivity index (χ0) is 19.2. The second-order valence-electron chi connectivity index (χ2n) is 6.26. The summed E-state index contributed by atoms with van der Waals surface area (Å²) >= 11 is 1.19. The molecule has 0 unspecified atom stereocenters. The first-order valence-corrected chi connectivity index (χ1v) is 9.79. The molecule has 2 amide bonds. The van der Waals surface area contributed by atoms with Gasteiger partial charge in [-0.1, -0.05) is 11.8 Å². The van der Waals surface area contributed by atoms with E-state index in [9.17, 15) is 14.4 Å². The number of carbonyl (C=O) groups is 3. The minimum Gasteiger partial charge on any atom is -0.497 e. The Labute approximate surface area is 162 Å². The number of anilines is 1. The number of hydrogen-bond donors (Lipinski definition) is 0. The van der Waals surface area contributed by atoms with Crippen molar-refractivity contribution in [3.63, 3.8) is 0 Å². The van der Waals surface area contributed by atoms with Crippen LogP contribution < -0.4 is 9.64 Å². The van der Waals surface area contributed by atoms with Gasteiger partial charge in [0, 0.05) is 44.2 Å². The van der Waals surface area contributed by atoms with Gasteiger partial charge in [-0.3, -0.25) is 14.4 Å². The lowest BCUT2D eigenvalue weighted by molar-refractivity contribution is -0.152. The number of nitrogens with zero attached hydrogens (tertiary/aromatic N) is 3. The molecule has 0 spiro atoms. The van der Waals surface area contributed by atoms with Crippen LogP contribution in [-0.4, -0.2) is 85.7 Å². The minimum atomic E-state index is -0.545. The summed E-state index contributed by atoms with van der Waals surface area (Å²) in [5.74, 6) is 0.739. The van der Waals surface area contributed by atoms with Crippen LogP contribution in [0.5, 0.6) is 5.75 Å². The predicted molar refractivity (Wildman–Crippen MR) is 102 cm³/mol. The number of carbonyl (C=O) groups excluding carboxylic acids is 3. The second-order valence-corrected chi connectivity index (χ2v) is 7.31. The van der Waals surface area contributed by atoms with E-state index in [0.29, 0.717) is 38.5 Å². The van der Waals surface area contributed by atoms with Gasteiger partial charge in [0.05, 0.1) is 7.11 Å². The van der Waals surface area contributed by atoms with Gasteiger partial charge in [-0.25, -0.2) is 0 Å². The molecule has 0 radical (unpaired) electrons. The van der Waals surface area contributed by atoms with Crippen molar-refractivity contribution in [3.8, 4) is 5.75 Å². The Morgan fingerprint density at radius 1 is 1.07 bits per heavy atom. The minimum absolute atomic E-state index is 0.0929. The maximum Gasteiger partial charge on any atom is 0.326 e. The molecular weight excluding hydrogens is 370 g/mol. The van der Waals surface area contributed by atoms with E-state index < -0.39 is 5.97 Å². The molecule has 146 valence electrons. The fraction of sp³-hybridized carbons (Fsp3) is 0.500. The summed E-state index contributed by atoms with van der Waals surface area (Å²) in [6.45, 7) is 2.74. The van der Waals surface area contributed by atoms with Crippen LogP contribution in [0.1, 0.15) is 0 Å². The monoisotopic (exact) mass is 393 g/mol. The van der Waals surface area contributed by atoms with E-state index in [-0.39, 0.29) is 24.3 Å². The maximum atomic E-state index is 12.3. The SMILES string of the molecule is COc1ccc(N2CCN(C(=O)COC(=O)CN3CCSC3=O)CC2)cc1. The number of amides is 2. The highest BCUT2D eigenvalue weighted by molar-refractivity contribution is 8.13. The number of hydrogen-bond acceptors (Lipinski definition) is 7. The quantitative estimate of drug-likeness (QED) is 0.669. The van der Waals surface area contributed by atoms with Gasteiger partial charge in [0.25, 0.3) is 11.1 Å². The van der Waals surface area contributed by atoms with E-state index in [2.05, 4.69) is 4.90 Å². The molecule has 2 aliphatic heterocycles. The Morgan fingerprint density at radius 3 is 2.37 bits per heavy atom. The van der Waals surface area contributed by atoms with Gasteiger partial charge in [0.2, 0.25) is 0 Å². The van der Waals surface area contributed by atoms with Crippen molar-refractivity contribution >= 4 is 34.6 Å². The molecule has 0 bridgehead atoms. The molecule has 1 aromatic rings. The lowest BCUT2D eigenvalue weighted by atomic mass is 10.2. The summed E-state index contributed by atoms with van der Waals surface area (Å²) in [5, 5.41) is -0.118. The number of thioether (sulfide) groups is 1. The summed E-state index contributed by atoms with van der Waals surface area (Å²) in [4.78, 5) is 40.9. The molecule has 0 saturated carbocycles. The Morgan fingerprint density at radius 2 is 1.78 bits per heavy atom. The molecule has 1 aromatic carbocycles. The van der Waals surface area contributed by atoms with E-state index in [1.54, 1.807) is 12.0 Å². The van der Waals surface area contributed by atoms with Gasteiger partial charge in [0.15, 0.2) is 6.61 Å². The molecule has 27 heavy (non-hydrogen) atoms. The first-order chi connectivity index (χ1) is 13.1. The highest BCUT2D eigenvalue weighted by Gasteiger charge is 2.25. The molecule has 0 atom stereocenters. The van der Waals surface area contributed by atoms with E-state index in [0.717, 1.165) is 11.4 Å². The van der Waals surface area contributed by atoms with Crippen molar-refractivity contribution in [2.45, 2.75) is 0 Å². The van der Waals surface area contributed by atoms with Crippen molar-refractivity contribution in [2.24, 2.45) is 0 Å². The molecule has 2 aliphatic rings. The van der Waals surface area contributed by atoms with Crippen molar-refractivity contribution < 1.29 is 23.9 Å². The molecule has 2 saturated heterocycles. The summed E-state index contributed by atoms with van der Waals surface area (Å²) < 4.78 is 10.2. The Kier molecular flexibility index (Phi) is 6.44. The third kappa shape index (κ3) is 5.06. The van der Waals surface area contributed by atoms with Crippen LogP contribution in [0.2, 0.25) is 0 Å². The summed E-state index contributed by atoms with van der Waals surface area (Å²) in [5.41, 5.74) is 1.09. The number of ether oxygens (including phenoxy) is 2. The summed E-state index contributed by atoms with van der Waals surface area (Å²) in [6, 6.07) is 7.82. The van der Waals surface area contributed by atoms with Crippen molar-refractivity contribution in [2.75, 3.05) is 63.6 Å². The molecule has 9 heteroatoms. The van der Waals surface area contributed by atoms with E-state index >= 15 is 0 Å². The number of rotatable bonds is 6. The maximum absolute atomic E-state index is 12.3. The van der Waals surface area contributed by atoms with E-state index in [1.165, 1.54) is 16.7 Å². The fourth-order valence-corrected chi connectivity index (χ4v) is 3.84. The van der Waals surface area contributed by atoms with Crippen LogP contribution in [0, 0.1) is 0 Å². The third-order valence-corrected chi connectivity index (χ3v) is 5.48. The highest BCUT2D eigenvalue weighted by atomic mass is 32.2. The second kappa shape index (κ2) is 8.98. The van der Waals surface area contributed by atoms with Crippen molar-refractivity contribution in [1.82, 2.24) is 9.80 Å². The number of methoxy groups -OCH3 is 1. The Balaban J connectivity index is 1.40. The zero-order valence-electron chi connectivity index (χ0n) is 15.3. The van der Waals surface area contributed by atoms with Gasteiger partial charge in [-0.2, -0.15) is 0 Å². The summed E-state index contributed by atoms with van der Waals surface area (Å²) in [7, 11) is 1.63. The molecule has 8 nitrogen and oxygen atoms in total. The van der Waals surface area contributed by atoms with Crippen LogP contribution in [0.15, 0.2) is 24.3 Å². The van der Waals surface area contributed by atoms with Crippen LogP contribution in [0.3, 0.4) is 0 Å². The summed E-state index contributed by atoms with van der Waals surface area (Å²) in [6.07, 6.45) is 0. The number of benzene rings is 1. The predicted octanol–water partition coefficient (Wildman–Crippen LogP) is 1.06. The largest absolute Gasteiger partial charge is 0.497 e. The van der Waals surface area contributed by atoms with Crippen molar-refractivity contribution in [1.29, 1.82) is 0 Å². The van der Waals surface area contributed by atoms with Crippen LogP contribution in [0.4, 0.5) is 10.5 Å². The van der Waals surface area contributed by atoms with E-state index in [1.807, 2.05) is 24.3 Å². The van der Waals surface area contributed by atoms with E-state index in [4.69, 9.17) is 9.47 Å². The number of esters is 1. The van der Waals surface area contributed by atoms with Gasteiger partial charge < -0.3 is 24.2 Å². The van der Waals surface area contributed by atoms with Gasteiger partial charge in [-0.15, -0.1) is 0 Å². The van der Waals surface area contributed by atoms with Gasteiger partial charge >= 0.3 is 5.97 Å². The Bertz CT molecular complexity index is 689. The van der Waals surface area contributed by atoms with Crippen LogP contribution in [-0.2, 0) is 14.3 Å². The molecule has 2 heterocycles. The van der Waals surface area contributed by atoms with Crippen LogP contribution >= 0.6 is 11.8 Å². The third-order valence-electron chi connectivity index (χ3n) is 4.59. The Hall–Kier alpha value is -2.42. The first kappa shape index (κ1) is 19.3. The molecule has 3 rings (SSSR count). The molecule has 2 fully saturated rings. The topological polar surface area (TPSA) is 79.4 Å². The molecule has 0 N–H and O–H groups in total.